The lowest BCUT2D eigenvalue weighted by molar-refractivity contribution is 0.261. The molecule has 1 heterocycles. The predicted molar refractivity (Wildman–Crippen MR) is 88.3 cm³/mol. The maximum absolute atomic E-state index is 5.64. The third-order valence-electron chi connectivity index (χ3n) is 3.76. The van der Waals surface area contributed by atoms with Crippen LogP contribution in [0.2, 0.25) is 0 Å². The van der Waals surface area contributed by atoms with Gasteiger partial charge in [0.2, 0.25) is 0 Å². The van der Waals surface area contributed by atoms with Crippen LogP contribution >= 0.6 is 11.8 Å². The zero-order chi connectivity index (χ0) is 14.0. The molecule has 0 amide bonds. The van der Waals surface area contributed by atoms with Crippen molar-refractivity contribution in [2.24, 2.45) is 5.73 Å². The number of nitrogens with two attached hydrogens (primary N) is 1. The van der Waals surface area contributed by atoms with Crippen LogP contribution in [0.4, 0.5) is 0 Å². The summed E-state index contributed by atoms with van der Waals surface area (Å²) in [6.45, 7) is 7.92. The van der Waals surface area contributed by atoms with E-state index in [1.807, 2.05) is 11.8 Å². The van der Waals surface area contributed by atoms with Crippen LogP contribution in [0.1, 0.15) is 12.8 Å². The molecule has 0 saturated carbocycles. The Morgan fingerprint density at radius 1 is 0.950 bits per heavy atom. The lowest BCUT2D eigenvalue weighted by Gasteiger charge is -2.21. The maximum Gasteiger partial charge on any atom is 0.0110 e. The molecule has 1 aliphatic rings. The minimum absolute atomic E-state index is 0.785. The molecule has 1 saturated heterocycles. The first-order chi connectivity index (χ1) is 9.88. The van der Waals surface area contributed by atoms with Crippen molar-refractivity contribution in [3.05, 3.63) is 30.3 Å². The van der Waals surface area contributed by atoms with Gasteiger partial charge in [-0.3, -0.25) is 0 Å². The molecule has 0 aromatic heterocycles. The van der Waals surface area contributed by atoms with E-state index in [0.29, 0.717) is 0 Å². The summed E-state index contributed by atoms with van der Waals surface area (Å²) >= 11 is 1.97. The van der Waals surface area contributed by atoms with Gasteiger partial charge in [0, 0.05) is 31.1 Å². The Hall–Kier alpha value is -0.550. The number of rotatable bonds is 7. The second-order valence-corrected chi connectivity index (χ2v) is 6.51. The predicted octanol–water partition coefficient (Wildman–Crippen LogP) is 2.14. The van der Waals surface area contributed by atoms with Crippen molar-refractivity contribution in [3.63, 3.8) is 0 Å². The molecule has 1 aromatic rings. The number of nitrogens with zero attached hydrogens (tertiary/aromatic N) is 2. The summed E-state index contributed by atoms with van der Waals surface area (Å²) in [6, 6.07) is 10.7. The van der Waals surface area contributed by atoms with Crippen molar-refractivity contribution >= 4 is 11.8 Å². The average Bonchev–Trinajstić information content (AvgIpc) is 2.71. The van der Waals surface area contributed by atoms with Gasteiger partial charge in [-0.05, 0) is 50.4 Å². The normalized spacial score (nSPS) is 18.1. The highest BCUT2D eigenvalue weighted by Gasteiger charge is 2.13. The van der Waals surface area contributed by atoms with Crippen molar-refractivity contribution in [2.75, 3.05) is 51.6 Å². The van der Waals surface area contributed by atoms with Gasteiger partial charge in [-0.1, -0.05) is 18.2 Å². The SMILES string of the molecule is NCCN1CCCN(CCCSc2ccccc2)CC1. The molecular weight excluding hydrogens is 266 g/mol. The molecule has 1 aliphatic heterocycles. The lowest BCUT2D eigenvalue weighted by Crippen LogP contribution is -2.34. The van der Waals surface area contributed by atoms with Crippen molar-refractivity contribution < 1.29 is 0 Å². The molecule has 0 atom stereocenters. The molecule has 0 radical (unpaired) electrons. The second-order valence-electron chi connectivity index (χ2n) is 5.34. The van der Waals surface area contributed by atoms with E-state index in [-0.39, 0.29) is 0 Å². The molecule has 0 unspecified atom stereocenters. The van der Waals surface area contributed by atoms with Crippen molar-refractivity contribution in [3.8, 4) is 0 Å². The monoisotopic (exact) mass is 293 g/mol. The highest BCUT2D eigenvalue weighted by atomic mass is 32.2. The van der Waals surface area contributed by atoms with Crippen LogP contribution in [0, 0.1) is 0 Å². The lowest BCUT2D eigenvalue weighted by atomic mass is 10.3. The molecule has 20 heavy (non-hydrogen) atoms. The van der Waals surface area contributed by atoms with Gasteiger partial charge in [-0.15, -0.1) is 11.8 Å². The number of benzene rings is 1. The van der Waals surface area contributed by atoms with E-state index in [1.54, 1.807) is 0 Å². The summed E-state index contributed by atoms with van der Waals surface area (Å²) in [5, 5.41) is 0. The molecule has 0 aliphatic carbocycles. The van der Waals surface area contributed by atoms with Crippen molar-refractivity contribution in [1.29, 1.82) is 0 Å². The van der Waals surface area contributed by atoms with Crippen molar-refractivity contribution in [1.82, 2.24) is 9.80 Å². The summed E-state index contributed by atoms with van der Waals surface area (Å²) in [4.78, 5) is 6.50. The minimum Gasteiger partial charge on any atom is -0.329 e. The van der Waals surface area contributed by atoms with Gasteiger partial charge in [0.05, 0.1) is 0 Å². The first-order valence-electron chi connectivity index (χ1n) is 7.71. The Morgan fingerprint density at radius 2 is 1.65 bits per heavy atom. The Morgan fingerprint density at radius 3 is 2.35 bits per heavy atom. The molecule has 4 heteroatoms. The zero-order valence-corrected chi connectivity index (χ0v) is 13.2. The number of hydrogen-bond acceptors (Lipinski definition) is 4. The van der Waals surface area contributed by atoms with Crippen LogP contribution in [0.25, 0.3) is 0 Å². The van der Waals surface area contributed by atoms with E-state index < -0.39 is 0 Å². The first kappa shape index (κ1) is 15.8. The zero-order valence-electron chi connectivity index (χ0n) is 12.3. The molecule has 3 nitrogen and oxygen atoms in total. The standard InChI is InChI=1S/C16H27N3S/c17-8-12-19-10-4-9-18(13-14-19)11-5-15-20-16-6-2-1-3-7-16/h1-3,6-7H,4-5,8-15,17H2. The first-order valence-corrected chi connectivity index (χ1v) is 8.69. The topological polar surface area (TPSA) is 32.5 Å². The summed E-state index contributed by atoms with van der Waals surface area (Å²) < 4.78 is 0. The quantitative estimate of drug-likeness (QED) is 0.617. The molecule has 0 spiro atoms. The van der Waals surface area contributed by atoms with Crippen LogP contribution < -0.4 is 5.73 Å². The van der Waals surface area contributed by atoms with Gasteiger partial charge in [0.1, 0.15) is 0 Å². The molecule has 112 valence electrons. The Labute approximate surface area is 127 Å². The van der Waals surface area contributed by atoms with Gasteiger partial charge >= 0.3 is 0 Å². The largest absolute Gasteiger partial charge is 0.329 e. The van der Waals surface area contributed by atoms with E-state index in [4.69, 9.17) is 5.73 Å². The molecular formula is C16H27N3S. The smallest absolute Gasteiger partial charge is 0.0110 e. The van der Waals surface area contributed by atoms with Crippen LogP contribution in [0.3, 0.4) is 0 Å². The van der Waals surface area contributed by atoms with Crippen molar-refractivity contribution in [2.45, 2.75) is 17.7 Å². The third-order valence-corrected chi connectivity index (χ3v) is 4.86. The molecule has 2 rings (SSSR count). The molecule has 0 bridgehead atoms. The van der Waals surface area contributed by atoms with Crippen LogP contribution in [0.5, 0.6) is 0 Å². The Bertz CT molecular complexity index is 358. The van der Waals surface area contributed by atoms with Gasteiger partial charge < -0.3 is 15.5 Å². The average molecular weight is 293 g/mol. The number of hydrogen-bond donors (Lipinski definition) is 1. The molecule has 2 N–H and O–H groups in total. The minimum atomic E-state index is 0.785. The highest BCUT2D eigenvalue weighted by molar-refractivity contribution is 7.99. The maximum atomic E-state index is 5.64. The summed E-state index contributed by atoms with van der Waals surface area (Å²) in [7, 11) is 0. The van der Waals surface area contributed by atoms with Gasteiger partial charge in [0.15, 0.2) is 0 Å². The number of thioether (sulfide) groups is 1. The van der Waals surface area contributed by atoms with Gasteiger partial charge in [-0.25, -0.2) is 0 Å². The van der Waals surface area contributed by atoms with E-state index >= 15 is 0 Å². The molecule has 1 aromatic carbocycles. The van der Waals surface area contributed by atoms with Crippen LogP contribution in [-0.4, -0.2) is 61.4 Å². The summed E-state index contributed by atoms with van der Waals surface area (Å²) in [5.41, 5.74) is 5.64. The fourth-order valence-electron chi connectivity index (χ4n) is 2.65. The second kappa shape index (κ2) is 9.40. The Balaban J connectivity index is 1.60. The van der Waals surface area contributed by atoms with E-state index in [2.05, 4.69) is 40.1 Å². The summed E-state index contributed by atoms with van der Waals surface area (Å²) in [5.74, 6) is 1.22. The summed E-state index contributed by atoms with van der Waals surface area (Å²) in [6.07, 6.45) is 2.56. The van der Waals surface area contributed by atoms with Crippen LogP contribution in [0.15, 0.2) is 35.2 Å². The third kappa shape index (κ3) is 5.83. The fourth-order valence-corrected chi connectivity index (χ4v) is 3.51. The van der Waals surface area contributed by atoms with Crippen LogP contribution in [-0.2, 0) is 0 Å². The van der Waals surface area contributed by atoms with E-state index in [1.165, 1.54) is 56.2 Å². The molecule has 1 fully saturated rings. The van der Waals surface area contributed by atoms with Gasteiger partial charge in [0.25, 0.3) is 0 Å². The Kier molecular flexibility index (Phi) is 7.44. The van der Waals surface area contributed by atoms with E-state index in [0.717, 1.165) is 13.1 Å². The fraction of sp³-hybridized carbons (Fsp3) is 0.625. The van der Waals surface area contributed by atoms with Gasteiger partial charge in [-0.2, -0.15) is 0 Å². The highest BCUT2D eigenvalue weighted by Crippen LogP contribution is 2.18. The van der Waals surface area contributed by atoms with E-state index in [9.17, 15) is 0 Å².